The van der Waals surface area contributed by atoms with E-state index < -0.39 is 4.92 Å². The van der Waals surface area contributed by atoms with E-state index in [0.717, 1.165) is 11.8 Å². The van der Waals surface area contributed by atoms with Crippen LogP contribution in [0.2, 0.25) is 0 Å². The largest absolute Gasteiger partial charge is 0.497 e. The summed E-state index contributed by atoms with van der Waals surface area (Å²) in [6.45, 7) is 1.57. The summed E-state index contributed by atoms with van der Waals surface area (Å²) in [5.41, 5.74) is 1.35. The lowest BCUT2D eigenvalue weighted by Crippen LogP contribution is -2.19. The van der Waals surface area contributed by atoms with Crippen LogP contribution in [0.3, 0.4) is 0 Å². The van der Waals surface area contributed by atoms with E-state index in [9.17, 15) is 19.7 Å². The second kappa shape index (κ2) is 9.58. The quantitative estimate of drug-likeness (QED) is 0.530. The predicted octanol–water partition coefficient (Wildman–Crippen LogP) is 3.22. The normalized spacial score (nSPS) is 10.1. The van der Waals surface area contributed by atoms with Gasteiger partial charge in [-0.25, -0.2) is 0 Å². The summed E-state index contributed by atoms with van der Waals surface area (Å²) in [7, 11) is 1.56. The SMILES string of the molecule is COc1ccc(NC(=O)CSCC(=O)Nc2cccc([N+](=O)[O-])c2C)cc1. The highest BCUT2D eigenvalue weighted by Gasteiger charge is 2.15. The zero-order valence-electron chi connectivity index (χ0n) is 14.9. The van der Waals surface area contributed by atoms with Crippen molar-refractivity contribution in [2.24, 2.45) is 0 Å². The maximum Gasteiger partial charge on any atom is 0.274 e. The lowest BCUT2D eigenvalue weighted by atomic mass is 10.1. The Hall–Kier alpha value is -3.07. The molecule has 0 unspecified atom stereocenters. The van der Waals surface area contributed by atoms with Crippen molar-refractivity contribution < 1.29 is 19.2 Å². The van der Waals surface area contributed by atoms with E-state index in [1.807, 2.05) is 0 Å². The molecular weight excluding hydrogens is 370 g/mol. The molecular formula is C18H19N3O5S. The van der Waals surface area contributed by atoms with Crippen LogP contribution in [0.25, 0.3) is 0 Å². The van der Waals surface area contributed by atoms with E-state index in [1.165, 1.54) is 12.1 Å². The van der Waals surface area contributed by atoms with Crippen LogP contribution in [-0.2, 0) is 9.59 Å². The van der Waals surface area contributed by atoms with E-state index in [1.54, 1.807) is 44.4 Å². The Bertz CT molecular complexity index is 839. The Morgan fingerprint density at radius 3 is 2.30 bits per heavy atom. The van der Waals surface area contributed by atoms with E-state index >= 15 is 0 Å². The summed E-state index contributed by atoms with van der Waals surface area (Å²) in [5, 5.41) is 16.3. The van der Waals surface area contributed by atoms with Crippen molar-refractivity contribution in [2.75, 3.05) is 29.2 Å². The topological polar surface area (TPSA) is 111 Å². The molecule has 0 bridgehead atoms. The molecule has 0 aliphatic heterocycles. The van der Waals surface area contributed by atoms with Crippen LogP contribution in [-0.4, -0.2) is 35.4 Å². The average molecular weight is 389 g/mol. The fraction of sp³-hybridized carbons (Fsp3) is 0.222. The van der Waals surface area contributed by atoms with Gasteiger partial charge in [0.15, 0.2) is 0 Å². The molecule has 0 aliphatic rings. The standard InChI is InChI=1S/C18H19N3O5S/c1-12-15(4-3-5-16(12)21(24)25)20-18(23)11-27-10-17(22)19-13-6-8-14(26-2)9-7-13/h3-9H,10-11H2,1-2H3,(H,19,22)(H,20,23). The number of thioether (sulfide) groups is 1. The van der Waals surface area contributed by atoms with Gasteiger partial charge in [0.2, 0.25) is 11.8 Å². The minimum atomic E-state index is -0.497. The number of rotatable bonds is 8. The number of benzene rings is 2. The Balaban J connectivity index is 1.79. The molecule has 2 aromatic carbocycles. The van der Waals surface area contributed by atoms with Gasteiger partial charge < -0.3 is 15.4 Å². The fourth-order valence-corrected chi connectivity index (χ4v) is 2.87. The predicted molar refractivity (Wildman–Crippen MR) is 105 cm³/mol. The van der Waals surface area contributed by atoms with E-state index in [2.05, 4.69) is 10.6 Å². The fourth-order valence-electron chi connectivity index (χ4n) is 2.25. The third kappa shape index (κ3) is 6.00. The van der Waals surface area contributed by atoms with E-state index in [4.69, 9.17) is 4.74 Å². The van der Waals surface area contributed by atoms with Crippen LogP contribution < -0.4 is 15.4 Å². The molecule has 2 N–H and O–H groups in total. The number of hydrogen-bond acceptors (Lipinski definition) is 6. The van der Waals surface area contributed by atoms with Crippen molar-refractivity contribution in [1.82, 2.24) is 0 Å². The highest BCUT2D eigenvalue weighted by atomic mass is 32.2. The third-order valence-electron chi connectivity index (χ3n) is 3.62. The number of nitrogens with zero attached hydrogens (tertiary/aromatic N) is 1. The zero-order valence-corrected chi connectivity index (χ0v) is 15.7. The van der Waals surface area contributed by atoms with Gasteiger partial charge in [-0.2, -0.15) is 0 Å². The van der Waals surface area contributed by atoms with Gasteiger partial charge in [-0.3, -0.25) is 19.7 Å². The minimum absolute atomic E-state index is 0.0537. The number of carbonyl (C=O) groups is 2. The number of amides is 2. The molecule has 0 aromatic heterocycles. The molecule has 0 aliphatic carbocycles. The maximum atomic E-state index is 12.0. The maximum absolute atomic E-state index is 12.0. The summed E-state index contributed by atoms with van der Waals surface area (Å²) >= 11 is 1.15. The van der Waals surface area contributed by atoms with Crippen molar-refractivity contribution in [1.29, 1.82) is 0 Å². The van der Waals surface area contributed by atoms with Gasteiger partial charge in [0.1, 0.15) is 5.75 Å². The monoisotopic (exact) mass is 389 g/mol. The summed E-state index contributed by atoms with van der Waals surface area (Å²) in [6.07, 6.45) is 0. The van der Waals surface area contributed by atoms with Gasteiger partial charge in [0.05, 0.1) is 34.8 Å². The molecule has 2 rings (SSSR count). The molecule has 0 saturated carbocycles. The van der Waals surface area contributed by atoms with Gasteiger partial charge >= 0.3 is 0 Å². The molecule has 0 spiro atoms. The zero-order chi connectivity index (χ0) is 19.8. The van der Waals surface area contributed by atoms with Crippen molar-refractivity contribution >= 4 is 40.6 Å². The lowest BCUT2D eigenvalue weighted by molar-refractivity contribution is -0.385. The Morgan fingerprint density at radius 1 is 1.07 bits per heavy atom. The van der Waals surface area contributed by atoms with Crippen LogP contribution in [0.5, 0.6) is 5.75 Å². The molecule has 8 nitrogen and oxygen atoms in total. The number of hydrogen-bond donors (Lipinski definition) is 2. The van der Waals surface area contributed by atoms with Gasteiger partial charge in [0, 0.05) is 11.8 Å². The van der Waals surface area contributed by atoms with Crippen molar-refractivity contribution in [3.63, 3.8) is 0 Å². The first-order chi connectivity index (χ1) is 12.9. The molecule has 2 aromatic rings. The molecule has 0 saturated heterocycles. The van der Waals surface area contributed by atoms with Crippen LogP contribution in [0, 0.1) is 17.0 Å². The van der Waals surface area contributed by atoms with Gasteiger partial charge in [-0.1, -0.05) is 6.07 Å². The number of nitro benzene ring substituents is 1. The minimum Gasteiger partial charge on any atom is -0.497 e. The van der Waals surface area contributed by atoms with Gasteiger partial charge in [-0.05, 0) is 37.3 Å². The molecule has 2 amide bonds. The van der Waals surface area contributed by atoms with Crippen molar-refractivity contribution in [2.45, 2.75) is 6.92 Å². The number of anilines is 2. The van der Waals surface area contributed by atoms with E-state index in [0.29, 0.717) is 22.7 Å². The summed E-state index contributed by atoms with van der Waals surface area (Å²) in [6, 6.07) is 11.4. The molecule has 142 valence electrons. The highest BCUT2D eigenvalue weighted by molar-refractivity contribution is 8.00. The summed E-state index contributed by atoms with van der Waals surface area (Å²) in [5.74, 6) is 0.284. The number of carbonyl (C=O) groups excluding carboxylic acids is 2. The molecule has 27 heavy (non-hydrogen) atoms. The second-order valence-corrected chi connectivity index (χ2v) is 6.51. The third-order valence-corrected chi connectivity index (χ3v) is 4.55. The smallest absolute Gasteiger partial charge is 0.274 e. The first-order valence-corrected chi connectivity index (χ1v) is 9.11. The van der Waals surface area contributed by atoms with Crippen molar-refractivity contribution in [3.05, 3.63) is 58.1 Å². The molecule has 9 heteroatoms. The Labute approximate surface area is 160 Å². The Morgan fingerprint density at radius 2 is 1.70 bits per heavy atom. The highest BCUT2D eigenvalue weighted by Crippen LogP contribution is 2.25. The van der Waals surface area contributed by atoms with Crippen LogP contribution in [0.15, 0.2) is 42.5 Å². The summed E-state index contributed by atoms with van der Waals surface area (Å²) in [4.78, 5) is 34.4. The molecule has 0 radical (unpaired) electrons. The number of nitrogens with one attached hydrogen (secondary N) is 2. The van der Waals surface area contributed by atoms with E-state index in [-0.39, 0.29) is 29.0 Å². The summed E-state index contributed by atoms with van der Waals surface area (Å²) < 4.78 is 5.04. The van der Waals surface area contributed by atoms with Crippen LogP contribution in [0.1, 0.15) is 5.56 Å². The van der Waals surface area contributed by atoms with Crippen LogP contribution in [0.4, 0.5) is 17.1 Å². The Kier molecular flexibility index (Phi) is 7.18. The first kappa shape index (κ1) is 20.2. The van der Waals surface area contributed by atoms with Gasteiger partial charge in [0.25, 0.3) is 5.69 Å². The average Bonchev–Trinajstić information content (AvgIpc) is 2.64. The van der Waals surface area contributed by atoms with Crippen molar-refractivity contribution in [3.8, 4) is 5.75 Å². The molecule has 0 heterocycles. The number of methoxy groups -OCH3 is 1. The second-order valence-electron chi connectivity index (χ2n) is 5.52. The molecule has 0 atom stereocenters. The van der Waals surface area contributed by atoms with Crippen LogP contribution >= 0.6 is 11.8 Å². The lowest BCUT2D eigenvalue weighted by Gasteiger charge is -2.09. The number of ether oxygens (including phenoxy) is 1. The molecule has 0 fully saturated rings. The van der Waals surface area contributed by atoms with Gasteiger partial charge in [-0.15, -0.1) is 11.8 Å². The number of nitro groups is 1. The first-order valence-electron chi connectivity index (χ1n) is 7.96.